The SMILES string of the molecule is CN(C)S(=O)(=O)N1CCN(Cc2ccnc(N3CCOCC3)n2)CC1. The van der Waals surface area contributed by atoms with E-state index in [4.69, 9.17) is 4.74 Å². The molecule has 0 bridgehead atoms. The third kappa shape index (κ3) is 4.45. The Balaban J connectivity index is 1.57. The van der Waals surface area contributed by atoms with E-state index in [0.717, 1.165) is 24.7 Å². The second-order valence-corrected chi connectivity index (χ2v) is 8.56. The van der Waals surface area contributed by atoms with Crippen LogP contribution in [0, 0.1) is 0 Å². The van der Waals surface area contributed by atoms with E-state index in [1.165, 1.54) is 8.61 Å². The fourth-order valence-corrected chi connectivity index (χ4v) is 4.05. The maximum Gasteiger partial charge on any atom is 0.281 e. The maximum absolute atomic E-state index is 12.2. The molecule has 25 heavy (non-hydrogen) atoms. The topological polar surface area (TPSA) is 82.1 Å². The average Bonchev–Trinajstić information content (AvgIpc) is 2.63. The van der Waals surface area contributed by atoms with Gasteiger partial charge in [-0.2, -0.15) is 17.0 Å². The Morgan fingerprint density at radius 2 is 1.80 bits per heavy atom. The molecule has 3 heterocycles. The van der Waals surface area contributed by atoms with Gasteiger partial charge in [0.05, 0.1) is 18.9 Å². The van der Waals surface area contributed by atoms with E-state index in [9.17, 15) is 8.42 Å². The van der Waals surface area contributed by atoms with Crippen molar-refractivity contribution in [3.8, 4) is 0 Å². The summed E-state index contributed by atoms with van der Waals surface area (Å²) in [4.78, 5) is 13.4. The summed E-state index contributed by atoms with van der Waals surface area (Å²) in [5.74, 6) is 0.745. The minimum absolute atomic E-state index is 0.502. The largest absolute Gasteiger partial charge is 0.378 e. The highest BCUT2D eigenvalue weighted by atomic mass is 32.2. The number of morpholine rings is 1. The van der Waals surface area contributed by atoms with Crippen LogP contribution in [-0.4, -0.2) is 98.5 Å². The molecule has 0 unspecified atom stereocenters. The highest BCUT2D eigenvalue weighted by Crippen LogP contribution is 2.14. The van der Waals surface area contributed by atoms with Gasteiger partial charge >= 0.3 is 0 Å². The van der Waals surface area contributed by atoms with E-state index < -0.39 is 10.2 Å². The van der Waals surface area contributed by atoms with Crippen LogP contribution in [0.25, 0.3) is 0 Å². The zero-order valence-electron chi connectivity index (χ0n) is 14.8. The van der Waals surface area contributed by atoms with Crippen molar-refractivity contribution in [2.24, 2.45) is 0 Å². The van der Waals surface area contributed by atoms with Crippen molar-refractivity contribution in [1.29, 1.82) is 0 Å². The van der Waals surface area contributed by atoms with Gasteiger partial charge < -0.3 is 9.64 Å². The van der Waals surface area contributed by atoms with Gasteiger partial charge in [0.2, 0.25) is 5.95 Å². The summed E-state index contributed by atoms with van der Waals surface area (Å²) in [5, 5.41) is 0. The summed E-state index contributed by atoms with van der Waals surface area (Å²) < 4.78 is 32.5. The summed E-state index contributed by atoms with van der Waals surface area (Å²) in [6, 6.07) is 1.92. The first-order valence-corrected chi connectivity index (χ1v) is 9.91. The number of ether oxygens (including phenoxy) is 1. The van der Waals surface area contributed by atoms with Gasteiger partial charge in [-0.05, 0) is 6.07 Å². The molecule has 1 aromatic rings. The molecule has 3 rings (SSSR count). The van der Waals surface area contributed by atoms with Crippen LogP contribution < -0.4 is 4.90 Å². The molecular formula is C15H26N6O3S. The molecule has 0 atom stereocenters. The first kappa shape index (κ1) is 18.5. The second kappa shape index (κ2) is 7.92. The van der Waals surface area contributed by atoms with Crippen molar-refractivity contribution < 1.29 is 13.2 Å². The lowest BCUT2D eigenvalue weighted by molar-refractivity contribution is 0.122. The fourth-order valence-electron chi connectivity index (χ4n) is 2.97. The van der Waals surface area contributed by atoms with Crippen LogP contribution in [0.4, 0.5) is 5.95 Å². The molecule has 2 saturated heterocycles. The Morgan fingerprint density at radius 1 is 1.12 bits per heavy atom. The molecule has 0 aliphatic carbocycles. The number of piperazine rings is 1. The van der Waals surface area contributed by atoms with Crippen molar-refractivity contribution in [2.45, 2.75) is 6.54 Å². The van der Waals surface area contributed by atoms with Crippen LogP contribution in [-0.2, 0) is 21.5 Å². The number of aromatic nitrogens is 2. The van der Waals surface area contributed by atoms with Crippen LogP contribution in [0.5, 0.6) is 0 Å². The van der Waals surface area contributed by atoms with Crippen LogP contribution in [0.2, 0.25) is 0 Å². The normalized spacial score (nSPS) is 21.0. The Kier molecular flexibility index (Phi) is 5.85. The van der Waals surface area contributed by atoms with Crippen LogP contribution >= 0.6 is 0 Å². The van der Waals surface area contributed by atoms with Crippen molar-refractivity contribution in [3.63, 3.8) is 0 Å². The number of hydrogen-bond donors (Lipinski definition) is 0. The van der Waals surface area contributed by atoms with Gasteiger partial charge in [-0.25, -0.2) is 9.97 Å². The van der Waals surface area contributed by atoms with Crippen molar-refractivity contribution in [1.82, 2.24) is 23.5 Å². The van der Waals surface area contributed by atoms with Gasteiger partial charge in [0.25, 0.3) is 10.2 Å². The standard InChI is InChI=1S/C15H26N6O3S/c1-18(2)25(22,23)21-7-5-19(6-8-21)13-14-3-4-16-15(17-14)20-9-11-24-12-10-20/h3-4H,5-13H2,1-2H3. The predicted octanol–water partition coefficient (Wildman–Crippen LogP) is -0.763. The highest BCUT2D eigenvalue weighted by molar-refractivity contribution is 7.86. The summed E-state index contributed by atoms with van der Waals surface area (Å²) in [7, 11) is -0.191. The van der Waals surface area contributed by atoms with E-state index in [1.54, 1.807) is 20.3 Å². The molecule has 10 heteroatoms. The lowest BCUT2D eigenvalue weighted by Gasteiger charge is -2.35. The van der Waals surface area contributed by atoms with E-state index >= 15 is 0 Å². The molecule has 2 aliphatic rings. The van der Waals surface area contributed by atoms with Crippen LogP contribution in [0.1, 0.15) is 5.69 Å². The summed E-state index contributed by atoms with van der Waals surface area (Å²) in [5.41, 5.74) is 0.959. The van der Waals surface area contributed by atoms with Gasteiger partial charge in [0, 0.05) is 66.1 Å². The third-order valence-electron chi connectivity index (χ3n) is 4.50. The molecule has 0 radical (unpaired) electrons. The average molecular weight is 370 g/mol. The summed E-state index contributed by atoms with van der Waals surface area (Å²) in [6.07, 6.45) is 1.79. The number of hydrogen-bond acceptors (Lipinski definition) is 7. The predicted molar refractivity (Wildman–Crippen MR) is 94.5 cm³/mol. The van der Waals surface area contributed by atoms with Crippen molar-refractivity contribution >= 4 is 16.2 Å². The van der Waals surface area contributed by atoms with Gasteiger partial charge in [0.15, 0.2) is 0 Å². The maximum atomic E-state index is 12.2. The molecule has 0 spiro atoms. The van der Waals surface area contributed by atoms with E-state index in [2.05, 4.69) is 19.8 Å². The molecule has 0 amide bonds. The molecule has 1 aromatic heterocycles. The van der Waals surface area contributed by atoms with Gasteiger partial charge in [-0.1, -0.05) is 0 Å². The third-order valence-corrected chi connectivity index (χ3v) is 6.44. The first-order chi connectivity index (χ1) is 12.0. The Labute approximate surface area is 149 Å². The van der Waals surface area contributed by atoms with E-state index in [0.29, 0.717) is 45.9 Å². The van der Waals surface area contributed by atoms with E-state index in [1.807, 2.05) is 6.07 Å². The zero-order chi connectivity index (χ0) is 17.9. The monoisotopic (exact) mass is 370 g/mol. The number of anilines is 1. The molecule has 0 N–H and O–H groups in total. The zero-order valence-corrected chi connectivity index (χ0v) is 15.7. The first-order valence-electron chi connectivity index (χ1n) is 8.51. The molecule has 2 aliphatic heterocycles. The number of rotatable bonds is 5. The minimum Gasteiger partial charge on any atom is -0.378 e. The van der Waals surface area contributed by atoms with Crippen LogP contribution in [0.3, 0.4) is 0 Å². The van der Waals surface area contributed by atoms with Crippen molar-refractivity contribution in [3.05, 3.63) is 18.0 Å². The van der Waals surface area contributed by atoms with Gasteiger partial charge in [-0.15, -0.1) is 0 Å². The van der Waals surface area contributed by atoms with Gasteiger partial charge in [-0.3, -0.25) is 4.90 Å². The number of nitrogens with zero attached hydrogens (tertiary/aromatic N) is 6. The fraction of sp³-hybridized carbons (Fsp3) is 0.733. The van der Waals surface area contributed by atoms with Gasteiger partial charge in [0.1, 0.15) is 0 Å². The Morgan fingerprint density at radius 3 is 2.44 bits per heavy atom. The molecule has 9 nitrogen and oxygen atoms in total. The smallest absolute Gasteiger partial charge is 0.281 e. The Bertz CT molecular complexity index is 670. The lowest BCUT2D eigenvalue weighted by atomic mass is 10.3. The quantitative estimate of drug-likeness (QED) is 0.674. The second-order valence-electron chi connectivity index (χ2n) is 6.41. The molecule has 2 fully saturated rings. The lowest BCUT2D eigenvalue weighted by Crippen LogP contribution is -2.51. The summed E-state index contributed by atoms with van der Waals surface area (Å²) in [6.45, 7) is 6.13. The minimum atomic E-state index is -3.32. The summed E-state index contributed by atoms with van der Waals surface area (Å²) >= 11 is 0. The van der Waals surface area contributed by atoms with E-state index in [-0.39, 0.29) is 0 Å². The molecular weight excluding hydrogens is 344 g/mol. The molecule has 140 valence electrons. The van der Waals surface area contributed by atoms with Crippen LogP contribution in [0.15, 0.2) is 12.3 Å². The molecule has 0 saturated carbocycles. The highest BCUT2D eigenvalue weighted by Gasteiger charge is 2.28. The Hall–Kier alpha value is -1.33. The van der Waals surface area contributed by atoms with Crippen molar-refractivity contribution in [2.75, 3.05) is 71.5 Å². The molecule has 0 aromatic carbocycles.